The lowest BCUT2D eigenvalue weighted by Gasteiger charge is -2.13. The minimum Gasteiger partial charge on any atom is -0.350 e. The molecule has 22 heavy (non-hydrogen) atoms. The van der Waals surface area contributed by atoms with Crippen molar-refractivity contribution in [2.24, 2.45) is 0 Å². The van der Waals surface area contributed by atoms with E-state index in [1.165, 1.54) is 0 Å². The number of H-pyrrole nitrogens is 1. The fourth-order valence-corrected chi connectivity index (χ4v) is 2.63. The molecule has 112 valence electrons. The van der Waals surface area contributed by atoms with E-state index in [9.17, 15) is 4.79 Å². The summed E-state index contributed by atoms with van der Waals surface area (Å²) in [4.78, 5) is 15.4. The van der Waals surface area contributed by atoms with E-state index < -0.39 is 0 Å². The Morgan fingerprint density at radius 3 is 2.45 bits per heavy atom. The number of hydrogen-bond donors (Lipinski definition) is 2. The Balaban J connectivity index is 1.79. The lowest BCUT2D eigenvalue weighted by atomic mass is 10.1. The molecule has 1 atom stereocenters. The Morgan fingerprint density at radius 1 is 1.05 bits per heavy atom. The van der Waals surface area contributed by atoms with E-state index in [1.807, 2.05) is 43.3 Å². The third-order valence-corrected chi connectivity index (χ3v) is 4.03. The van der Waals surface area contributed by atoms with Crippen LogP contribution in [0.1, 0.15) is 29.0 Å². The van der Waals surface area contributed by atoms with Crippen LogP contribution in [0.4, 0.5) is 0 Å². The second-order valence-corrected chi connectivity index (χ2v) is 6.03. The summed E-state index contributed by atoms with van der Waals surface area (Å²) >= 11 is 11.8. The molecule has 0 saturated heterocycles. The van der Waals surface area contributed by atoms with Crippen molar-refractivity contribution < 1.29 is 4.79 Å². The van der Waals surface area contributed by atoms with Crippen LogP contribution in [0, 0.1) is 0 Å². The van der Waals surface area contributed by atoms with Crippen molar-refractivity contribution in [2.75, 3.05) is 0 Å². The Hall–Kier alpha value is -1.97. The van der Waals surface area contributed by atoms with Crippen molar-refractivity contribution in [1.82, 2.24) is 10.3 Å². The van der Waals surface area contributed by atoms with Gasteiger partial charge >= 0.3 is 0 Å². The van der Waals surface area contributed by atoms with Crippen molar-refractivity contribution in [3.05, 3.63) is 69.8 Å². The highest BCUT2D eigenvalue weighted by Gasteiger charge is 2.13. The van der Waals surface area contributed by atoms with Crippen LogP contribution < -0.4 is 5.32 Å². The summed E-state index contributed by atoms with van der Waals surface area (Å²) in [5.41, 5.74) is 2.35. The molecule has 2 N–H and O–H groups in total. The van der Waals surface area contributed by atoms with Gasteiger partial charge in [-0.25, -0.2) is 0 Å². The van der Waals surface area contributed by atoms with Gasteiger partial charge in [-0.1, -0.05) is 41.4 Å². The molecule has 1 unspecified atom stereocenters. The highest BCUT2D eigenvalue weighted by Crippen LogP contribution is 2.21. The fourth-order valence-electron chi connectivity index (χ4n) is 2.33. The fraction of sp³-hybridized carbons (Fsp3) is 0.118. The van der Waals surface area contributed by atoms with Crippen LogP contribution in [0.5, 0.6) is 0 Å². The lowest BCUT2D eigenvalue weighted by Crippen LogP contribution is -2.26. The Labute approximate surface area is 138 Å². The van der Waals surface area contributed by atoms with Crippen LogP contribution in [0.3, 0.4) is 0 Å². The monoisotopic (exact) mass is 332 g/mol. The summed E-state index contributed by atoms with van der Waals surface area (Å²) in [6.45, 7) is 1.93. The molecule has 0 spiro atoms. The van der Waals surface area contributed by atoms with Crippen molar-refractivity contribution in [2.45, 2.75) is 13.0 Å². The maximum Gasteiger partial charge on any atom is 0.268 e. The molecule has 0 radical (unpaired) electrons. The highest BCUT2D eigenvalue weighted by atomic mass is 35.5. The van der Waals surface area contributed by atoms with Gasteiger partial charge in [-0.05, 0) is 42.8 Å². The molecular weight excluding hydrogens is 319 g/mol. The number of rotatable bonds is 3. The second-order valence-electron chi connectivity index (χ2n) is 5.16. The number of carbonyl (C=O) groups is 1. The van der Waals surface area contributed by atoms with E-state index in [-0.39, 0.29) is 11.9 Å². The molecule has 0 aliphatic rings. The van der Waals surface area contributed by atoms with E-state index in [2.05, 4.69) is 10.3 Å². The van der Waals surface area contributed by atoms with E-state index in [0.717, 1.165) is 16.5 Å². The summed E-state index contributed by atoms with van der Waals surface area (Å²) in [7, 11) is 0. The Kier molecular flexibility index (Phi) is 4.10. The molecule has 2 aromatic carbocycles. The molecule has 0 aliphatic carbocycles. The highest BCUT2D eigenvalue weighted by molar-refractivity contribution is 6.31. The van der Waals surface area contributed by atoms with Crippen LogP contribution >= 0.6 is 23.2 Å². The van der Waals surface area contributed by atoms with Crippen molar-refractivity contribution >= 4 is 40.0 Å². The van der Waals surface area contributed by atoms with Gasteiger partial charge < -0.3 is 10.3 Å². The predicted octanol–water partition coefficient (Wildman–Crippen LogP) is 4.97. The van der Waals surface area contributed by atoms with E-state index in [1.54, 1.807) is 12.1 Å². The molecule has 3 nitrogen and oxygen atoms in total. The predicted molar refractivity (Wildman–Crippen MR) is 90.6 cm³/mol. The zero-order chi connectivity index (χ0) is 15.7. The first-order valence-corrected chi connectivity index (χ1v) is 7.63. The number of hydrogen-bond acceptors (Lipinski definition) is 1. The topological polar surface area (TPSA) is 44.9 Å². The minimum absolute atomic E-state index is 0.111. The first-order chi connectivity index (χ1) is 10.5. The summed E-state index contributed by atoms with van der Waals surface area (Å²) in [6, 6.07) is 14.6. The van der Waals surface area contributed by atoms with Gasteiger partial charge in [0.15, 0.2) is 0 Å². The lowest BCUT2D eigenvalue weighted by molar-refractivity contribution is 0.0935. The van der Waals surface area contributed by atoms with Crippen LogP contribution in [0.15, 0.2) is 48.5 Å². The summed E-state index contributed by atoms with van der Waals surface area (Å²) < 4.78 is 0. The van der Waals surface area contributed by atoms with E-state index in [4.69, 9.17) is 23.2 Å². The number of nitrogens with one attached hydrogen (secondary N) is 2. The average molecular weight is 333 g/mol. The average Bonchev–Trinajstić information content (AvgIpc) is 2.91. The van der Waals surface area contributed by atoms with Crippen LogP contribution in [-0.2, 0) is 0 Å². The van der Waals surface area contributed by atoms with Crippen LogP contribution in [0.2, 0.25) is 10.0 Å². The van der Waals surface area contributed by atoms with E-state index in [0.29, 0.717) is 15.7 Å². The van der Waals surface area contributed by atoms with Crippen LogP contribution in [-0.4, -0.2) is 10.9 Å². The third-order valence-electron chi connectivity index (χ3n) is 3.55. The quantitative estimate of drug-likeness (QED) is 0.699. The first-order valence-electron chi connectivity index (χ1n) is 6.87. The van der Waals surface area contributed by atoms with Crippen molar-refractivity contribution in [3.8, 4) is 0 Å². The molecule has 1 amide bonds. The zero-order valence-electron chi connectivity index (χ0n) is 11.9. The van der Waals surface area contributed by atoms with Gasteiger partial charge in [-0.2, -0.15) is 0 Å². The molecule has 0 fully saturated rings. The molecule has 0 bridgehead atoms. The van der Waals surface area contributed by atoms with Gasteiger partial charge in [0, 0.05) is 20.9 Å². The third kappa shape index (κ3) is 3.11. The molecule has 0 aliphatic heterocycles. The summed E-state index contributed by atoms with van der Waals surface area (Å²) in [6.07, 6.45) is 0. The Bertz CT molecular complexity index is 824. The van der Waals surface area contributed by atoms with Gasteiger partial charge in [0.05, 0.1) is 6.04 Å². The summed E-state index contributed by atoms with van der Waals surface area (Å²) in [5, 5.41) is 5.22. The van der Waals surface area contributed by atoms with Gasteiger partial charge in [0.2, 0.25) is 0 Å². The number of amides is 1. The number of benzene rings is 2. The number of carbonyl (C=O) groups excluding carboxylic acids is 1. The van der Waals surface area contributed by atoms with Gasteiger partial charge in [-0.3, -0.25) is 4.79 Å². The smallest absolute Gasteiger partial charge is 0.268 e. The molecule has 1 aromatic heterocycles. The number of aromatic nitrogens is 1. The standard InChI is InChI=1S/C17H14Cl2N2O/c1-10(11-2-5-13(18)6-3-11)20-17(22)16-8-12-4-7-14(19)9-15(12)21-16/h2-10,21H,1H3,(H,20,22). The normalized spacial score (nSPS) is 12.3. The molecule has 0 saturated carbocycles. The number of halogens is 2. The molecule has 3 aromatic rings. The van der Waals surface area contributed by atoms with Crippen LogP contribution in [0.25, 0.3) is 10.9 Å². The first kappa shape index (κ1) is 14.9. The van der Waals surface area contributed by atoms with Gasteiger partial charge in [0.25, 0.3) is 5.91 Å². The van der Waals surface area contributed by atoms with Crippen molar-refractivity contribution in [1.29, 1.82) is 0 Å². The summed E-state index contributed by atoms with van der Waals surface area (Å²) in [5.74, 6) is -0.158. The molecule has 5 heteroatoms. The largest absolute Gasteiger partial charge is 0.350 e. The van der Waals surface area contributed by atoms with Gasteiger partial charge in [-0.15, -0.1) is 0 Å². The SMILES string of the molecule is CC(NC(=O)c1cc2ccc(Cl)cc2[nH]1)c1ccc(Cl)cc1. The Morgan fingerprint density at radius 2 is 1.73 bits per heavy atom. The molecule has 1 heterocycles. The molecular formula is C17H14Cl2N2O. The zero-order valence-corrected chi connectivity index (χ0v) is 13.4. The maximum absolute atomic E-state index is 12.3. The minimum atomic E-state index is -0.158. The maximum atomic E-state index is 12.3. The number of fused-ring (bicyclic) bond motifs is 1. The van der Waals surface area contributed by atoms with Crippen molar-refractivity contribution in [3.63, 3.8) is 0 Å². The molecule has 3 rings (SSSR count). The second kappa shape index (κ2) is 6.03. The van der Waals surface area contributed by atoms with Gasteiger partial charge in [0.1, 0.15) is 5.69 Å². The number of aromatic amines is 1. The van der Waals surface area contributed by atoms with E-state index >= 15 is 0 Å².